The van der Waals surface area contributed by atoms with Crippen molar-refractivity contribution in [1.82, 2.24) is 4.90 Å². The van der Waals surface area contributed by atoms with Crippen LogP contribution in [0.5, 0.6) is 11.5 Å². The molecule has 6 nitrogen and oxygen atoms in total. The molecule has 1 amide bonds. The Labute approximate surface area is 157 Å². The predicted molar refractivity (Wildman–Crippen MR) is 97.0 cm³/mol. The van der Waals surface area contributed by atoms with Crippen LogP contribution in [0.2, 0.25) is 0 Å². The number of aliphatic carboxylic acids is 1. The molecular weight excluding hydrogens is 354 g/mol. The van der Waals surface area contributed by atoms with Crippen LogP contribution < -0.4 is 14.6 Å². The lowest BCUT2D eigenvalue weighted by Crippen LogP contribution is -2.50. The van der Waals surface area contributed by atoms with E-state index in [9.17, 15) is 14.7 Å². The van der Waals surface area contributed by atoms with E-state index >= 15 is 0 Å². The van der Waals surface area contributed by atoms with Gasteiger partial charge in [0.1, 0.15) is 5.37 Å². The fourth-order valence-corrected chi connectivity index (χ4v) is 5.19. The topological polar surface area (TPSA) is 78.9 Å². The summed E-state index contributed by atoms with van der Waals surface area (Å²) >= 11 is 1.45. The van der Waals surface area contributed by atoms with Gasteiger partial charge in [0.05, 0.1) is 26.2 Å². The van der Waals surface area contributed by atoms with Gasteiger partial charge >= 0.3 is 0 Å². The van der Waals surface area contributed by atoms with Crippen molar-refractivity contribution in [2.45, 2.75) is 43.5 Å². The molecule has 0 aromatic heterocycles. The Morgan fingerprint density at radius 1 is 1.12 bits per heavy atom. The molecule has 1 saturated carbocycles. The maximum atomic E-state index is 13.1. The van der Waals surface area contributed by atoms with Gasteiger partial charge in [0.15, 0.2) is 11.5 Å². The van der Waals surface area contributed by atoms with Crippen molar-refractivity contribution in [2.75, 3.05) is 20.0 Å². The summed E-state index contributed by atoms with van der Waals surface area (Å²) in [5.41, 5.74) is 0.834. The number of carboxylic acids is 1. The van der Waals surface area contributed by atoms with Gasteiger partial charge in [-0.05, 0) is 30.5 Å². The smallest absolute Gasteiger partial charge is 0.227 e. The van der Waals surface area contributed by atoms with Gasteiger partial charge in [-0.1, -0.05) is 25.3 Å². The third kappa shape index (κ3) is 3.63. The van der Waals surface area contributed by atoms with Gasteiger partial charge in [0.2, 0.25) is 5.91 Å². The fourth-order valence-electron chi connectivity index (χ4n) is 3.78. The molecule has 2 atom stereocenters. The second kappa shape index (κ2) is 8.20. The second-order valence-electron chi connectivity index (χ2n) is 6.72. The fraction of sp³-hybridized carbons (Fsp3) is 0.579. The SMILES string of the molecule is COc1ccc([C@@H]2SC[C@H](C(=O)[O-])N2C(=O)C2CCCCC2)cc1OC. The van der Waals surface area contributed by atoms with Gasteiger partial charge in [-0.25, -0.2) is 0 Å². The van der Waals surface area contributed by atoms with Crippen LogP contribution in [-0.2, 0) is 9.59 Å². The number of carboxylic acid groups (broad SMARTS) is 1. The molecule has 0 unspecified atom stereocenters. The van der Waals surface area contributed by atoms with Gasteiger partial charge in [0, 0.05) is 11.7 Å². The summed E-state index contributed by atoms with van der Waals surface area (Å²) in [6.07, 6.45) is 4.85. The number of ether oxygens (including phenoxy) is 2. The van der Waals surface area contributed by atoms with Crippen molar-refractivity contribution in [3.05, 3.63) is 23.8 Å². The minimum atomic E-state index is -1.19. The number of methoxy groups -OCH3 is 2. The first-order valence-electron chi connectivity index (χ1n) is 8.93. The van der Waals surface area contributed by atoms with Crippen LogP contribution in [0.15, 0.2) is 18.2 Å². The molecule has 26 heavy (non-hydrogen) atoms. The van der Waals surface area contributed by atoms with Crippen LogP contribution in [-0.4, -0.2) is 42.8 Å². The number of carbonyl (C=O) groups excluding carboxylic acids is 2. The van der Waals surface area contributed by atoms with Crippen LogP contribution in [0.1, 0.15) is 43.0 Å². The van der Waals surface area contributed by atoms with E-state index in [1.165, 1.54) is 16.7 Å². The monoisotopic (exact) mass is 378 g/mol. The number of carbonyl (C=O) groups is 2. The lowest BCUT2D eigenvalue weighted by atomic mass is 9.88. The Kier molecular flexibility index (Phi) is 5.96. The van der Waals surface area contributed by atoms with Crippen molar-refractivity contribution in [3.8, 4) is 11.5 Å². The maximum absolute atomic E-state index is 13.1. The summed E-state index contributed by atoms with van der Waals surface area (Å²) in [5.74, 6) is 0.147. The Morgan fingerprint density at radius 3 is 2.42 bits per heavy atom. The standard InChI is InChI=1S/C19H25NO5S/c1-24-15-9-8-13(10-16(15)25-2)18-20(14(11-26-18)19(22)23)17(21)12-6-4-3-5-7-12/h8-10,12,14,18H,3-7,11H2,1-2H3,(H,22,23)/p-1/t14-,18+/m1/s1. The van der Waals surface area contributed by atoms with E-state index in [0.29, 0.717) is 17.3 Å². The van der Waals surface area contributed by atoms with Crippen LogP contribution in [0.25, 0.3) is 0 Å². The molecule has 0 spiro atoms. The Morgan fingerprint density at radius 2 is 1.81 bits per heavy atom. The summed E-state index contributed by atoms with van der Waals surface area (Å²) in [4.78, 5) is 26.3. The average molecular weight is 378 g/mol. The highest BCUT2D eigenvalue weighted by Gasteiger charge is 2.41. The lowest BCUT2D eigenvalue weighted by Gasteiger charge is -2.34. The molecule has 142 valence electrons. The lowest BCUT2D eigenvalue weighted by molar-refractivity contribution is -0.310. The van der Waals surface area contributed by atoms with Crippen molar-refractivity contribution < 1.29 is 24.2 Å². The van der Waals surface area contributed by atoms with Crippen molar-refractivity contribution >= 4 is 23.6 Å². The zero-order chi connectivity index (χ0) is 18.7. The van der Waals surface area contributed by atoms with E-state index in [4.69, 9.17) is 9.47 Å². The third-order valence-electron chi connectivity index (χ3n) is 5.17. The molecule has 1 aromatic carbocycles. The first-order valence-corrected chi connectivity index (χ1v) is 9.98. The minimum absolute atomic E-state index is 0.0660. The van der Waals surface area contributed by atoms with E-state index in [-0.39, 0.29) is 17.2 Å². The largest absolute Gasteiger partial charge is 0.548 e. The second-order valence-corrected chi connectivity index (χ2v) is 7.83. The van der Waals surface area contributed by atoms with E-state index in [2.05, 4.69) is 0 Å². The molecule has 0 N–H and O–H groups in total. The number of rotatable bonds is 5. The molecule has 0 bridgehead atoms. The molecule has 3 rings (SSSR count). The van der Waals surface area contributed by atoms with Gasteiger partial charge < -0.3 is 24.3 Å². The first kappa shape index (κ1) is 18.9. The van der Waals surface area contributed by atoms with Gasteiger partial charge in [-0.15, -0.1) is 11.8 Å². The molecule has 1 heterocycles. The van der Waals surface area contributed by atoms with Crippen LogP contribution >= 0.6 is 11.8 Å². The number of hydrogen-bond donors (Lipinski definition) is 0. The van der Waals surface area contributed by atoms with Crippen molar-refractivity contribution in [1.29, 1.82) is 0 Å². The molecule has 7 heteroatoms. The molecular formula is C19H24NO5S-. The molecule has 2 aliphatic rings. The van der Waals surface area contributed by atoms with E-state index < -0.39 is 12.0 Å². The Hall–Kier alpha value is -1.89. The summed E-state index contributed by atoms with van der Waals surface area (Å²) in [6.45, 7) is 0. The van der Waals surface area contributed by atoms with Crippen molar-refractivity contribution in [3.63, 3.8) is 0 Å². The summed E-state index contributed by atoms with van der Waals surface area (Å²) in [6, 6.07) is 4.56. The number of thioether (sulfide) groups is 1. The summed E-state index contributed by atoms with van der Waals surface area (Å²) < 4.78 is 10.6. The predicted octanol–water partition coefficient (Wildman–Crippen LogP) is 1.98. The van der Waals surface area contributed by atoms with Gasteiger partial charge in [-0.3, -0.25) is 4.79 Å². The van der Waals surface area contributed by atoms with E-state index in [1.807, 2.05) is 12.1 Å². The van der Waals surface area contributed by atoms with E-state index in [1.54, 1.807) is 20.3 Å². The van der Waals surface area contributed by atoms with Gasteiger partial charge in [-0.2, -0.15) is 0 Å². The molecule has 1 aliphatic heterocycles. The van der Waals surface area contributed by atoms with Gasteiger partial charge in [0.25, 0.3) is 0 Å². The number of nitrogens with zero attached hydrogens (tertiary/aromatic N) is 1. The van der Waals surface area contributed by atoms with Crippen molar-refractivity contribution in [2.24, 2.45) is 5.92 Å². The molecule has 2 fully saturated rings. The van der Waals surface area contributed by atoms with Crippen LogP contribution in [0.3, 0.4) is 0 Å². The summed E-state index contributed by atoms with van der Waals surface area (Å²) in [7, 11) is 3.12. The molecule has 1 aromatic rings. The molecule has 1 aliphatic carbocycles. The zero-order valence-corrected chi connectivity index (χ0v) is 15.9. The number of benzene rings is 1. The first-order chi connectivity index (χ1) is 12.6. The number of hydrogen-bond acceptors (Lipinski definition) is 6. The number of amides is 1. The third-order valence-corrected chi connectivity index (χ3v) is 6.50. The molecule has 0 radical (unpaired) electrons. The highest BCUT2D eigenvalue weighted by atomic mass is 32.2. The Bertz CT molecular complexity index is 674. The summed E-state index contributed by atoms with van der Waals surface area (Å²) in [5, 5.41) is 11.3. The zero-order valence-electron chi connectivity index (χ0n) is 15.1. The highest BCUT2D eigenvalue weighted by molar-refractivity contribution is 7.99. The average Bonchev–Trinajstić information content (AvgIpc) is 3.12. The quantitative estimate of drug-likeness (QED) is 0.780. The normalized spacial score (nSPS) is 23.7. The maximum Gasteiger partial charge on any atom is 0.227 e. The van der Waals surface area contributed by atoms with Crippen LogP contribution in [0, 0.1) is 5.92 Å². The highest BCUT2D eigenvalue weighted by Crippen LogP contribution is 2.45. The van der Waals surface area contributed by atoms with Crippen LogP contribution in [0.4, 0.5) is 0 Å². The Balaban J connectivity index is 1.91. The molecule has 1 saturated heterocycles. The minimum Gasteiger partial charge on any atom is -0.548 e. The van der Waals surface area contributed by atoms with E-state index in [0.717, 1.165) is 37.7 Å².